The topological polar surface area (TPSA) is 35.5 Å². The fourth-order valence-electron chi connectivity index (χ4n) is 2.27. The Morgan fingerprint density at radius 2 is 2.06 bits per heavy atom. The van der Waals surface area contributed by atoms with Gasteiger partial charge in [0.05, 0.1) is 18.7 Å². The molecule has 1 saturated heterocycles. The first-order valence-electron chi connectivity index (χ1n) is 5.61. The van der Waals surface area contributed by atoms with Crippen molar-refractivity contribution >= 4 is 0 Å². The van der Waals surface area contributed by atoms with Crippen LogP contribution in [0.3, 0.4) is 0 Å². The van der Waals surface area contributed by atoms with Crippen LogP contribution in [0.4, 0.5) is 13.2 Å². The van der Waals surface area contributed by atoms with Gasteiger partial charge >= 0.3 is 6.18 Å². The van der Waals surface area contributed by atoms with Gasteiger partial charge in [0.2, 0.25) is 0 Å². The molecule has 2 fully saturated rings. The first-order valence-corrected chi connectivity index (χ1v) is 5.61. The third kappa shape index (κ3) is 2.87. The Balaban J connectivity index is 1.87. The minimum Gasteiger partial charge on any atom is -0.394 e. The molecule has 3 nitrogen and oxygen atoms in total. The smallest absolute Gasteiger partial charge is 0.394 e. The maximum atomic E-state index is 12.1. The number of nitrogens with one attached hydrogen (secondary N) is 1. The predicted molar refractivity (Wildman–Crippen MR) is 53.1 cm³/mol. The molecule has 1 saturated carbocycles. The van der Waals surface area contributed by atoms with Gasteiger partial charge in [-0.15, -0.1) is 0 Å². The molecule has 1 aliphatic heterocycles. The Hall–Kier alpha value is -0.330. The van der Waals surface area contributed by atoms with Gasteiger partial charge in [-0.3, -0.25) is 10.2 Å². The van der Waals surface area contributed by atoms with E-state index in [0.717, 1.165) is 19.4 Å². The molecule has 0 aromatic carbocycles. The summed E-state index contributed by atoms with van der Waals surface area (Å²) in [4.78, 5) is 2.18. The fourth-order valence-corrected chi connectivity index (χ4v) is 2.27. The third-order valence-corrected chi connectivity index (χ3v) is 3.41. The van der Waals surface area contributed by atoms with Crippen LogP contribution in [-0.4, -0.2) is 54.0 Å². The summed E-state index contributed by atoms with van der Waals surface area (Å²) in [5, 5.41) is 11.8. The molecule has 2 aliphatic rings. The van der Waals surface area contributed by atoms with E-state index in [4.69, 9.17) is 0 Å². The highest BCUT2D eigenvalue weighted by Crippen LogP contribution is 2.33. The van der Waals surface area contributed by atoms with E-state index in [9.17, 15) is 18.3 Å². The highest BCUT2D eigenvalue weighted by molar-refractivity contribution is 5.01. The minimum absolute atomic E-state index is 0.230. The van der Waals surface area contributed by atoms with Gasteiger partial charge in [0.1, 0.15) is 0 Å². The first-order chi connectivity index (χ1) is 7.44. The van der Waals surface area contributed by atoms with E-state index in [0.29, 0.717) is 19.0 Å². The molecular formula is C10H17F3N2O. The molecule has 0 radical (unpaired) electrons. The lowest BCUT2D eigenvalue weighted by atomic mass is 10.00. The highest BCUT2D eigenvalue weighted by atomic mass is 19.4. The predicted octanol–water partition coefficient (Wildman–Crippen LogP) is 0.737. The second-order valence-corrected chi connectivity index (χ2v) is 4.86. The van der Waals surface area contributed by atoms with Crippen LogP contribution < -0.4 is 5.32 Å². The second kappa shape index (κ2) is 4.16. The van der Waals surface area contributed by atoms with Crippen molar-refractivity contribution in [3.63, 3.8) is 0 Å². The number of aliphatic hydroxyl groups is 1. The molecule has 0 amide bonds. The largest absolute Gasteiger partial charge is 0.401 e. The maximum absolute atomic E-state index is 12.1. The number of hydrogen-bond acceptors (Lipinski definition) is 3. The van der Waals surface area contributed by atoms with Gasteiger partial charge in [0, 0.05) is 19.1 Å². The fraction of sp³-hybridized carbons (Fsp3) is 1.00. The standard InChI is InChI=1S/C10H17F3N2O/c11-10(12,13)5-14-9(7-16)3-4-15(6-9)8-1-2-8/h8,14,16H,1-7H2. The lowest BCUT2D eigenvalue weighted by Crippen LogP contribution is -2.53. The Morgan fingerprint density at radius 3 is 2.56 bits per heavy atom. The number of halogens is 3. The van der Waals surface area contributed by atoms with Crippen molar-refractivity contribution in [2.75, 3.05) is 26.2 Å². The normalized spacial score (nSPS) is 32.2. The van der Waals surface area contributed by atoms with Gasteiger partial charge in [0.15, 0.2) is 0 Å². The Kier molecular flexibility index (Phi) is 3.16. The van der Waals surface area contributed by atoms with Crippen molar-refractivity contribution in [1.29, 1.82) is 0 Å². The second-order valence-electron chi connectivity index (χ2n) is 4.86. The lowest BCUT2D eigenvalue weighted by molar-refractivity contribution is -0.129. The molecule has 0 aromatic rings. The van der Waals surface area contributed by atoms with E-state index in [1.54, 1.807) is 0 Å². The summed E-state index contributed by atoms with van der Waals surface area (Å²) in [6, 6.07) is 0.543. The lowest BCUT2D eigenvalue weighted by Gasteiger charge is -2.29. The molecule has 2 rings (SSSR count). The van der Waals surface area contributed by atoms with Gasteiger partial charge in [-0.1, -0.05) is 0 Å². The summed E-state index contributed by atoms with van der Waals surface area (Å²) >= 11 is 0. The Labute approximate surface area is 92.6 Å². The van der Waals surface area contributed by atoms with E-state index < -0.39 is 18.3 Å². The molecular weight excluding hydrogens is 221 g/mol. The zero-order valence-electron chi connectivity index (χ0n) is 9.06. The number of aliphatic hydroxyl groups excluding tert-OH is 1. The van der Waals surface area contributed by atoms with Crippen molar-refractivity contribution in [3.05, 3.63) is 0 Å². The summed E-state index contributed by atoms with van der Waals surface area (Å²) < 4.78 is 36.4. The van der Waals surface area contributed by atoms with Crippen molar-refractivity contribution in [2.24, 2.45) is 0 Å². The average Bonchev–Trinajstić information content (AvgIpc) is 2.96. The zero-order valence-corrected chi connectivity index (χ0v) is 9.06. The van der Waals surface area contributed by atoms with Crippen molar-refractivity contribution in [1.82, 2.24) is 10.2 Å². The van der Waals surface area contributed by atoms with Crippen molar-refractivity contribution in [3.8, 4) is 0 Å². The summed E-state index contributed by atoms with van der Waals surface area (Å²) in [6.07, 6.45) is -1.34. The molecule has 0 bridgehead atoms. The minimum atomic E-state index is -4.21. The van der Waals surface area contributed by atoms with E-state index in [-0.39, 0.29) is 6.61 Å². The summed E-state index contributed by atoms with van der Waals surface area (Å²) in [6.45, 7) is 0.0682. The SMILES string of the molecule is OCC1(NCC(F)(F)F)CCN(C2CC2)C1. The van der Waals surface area contributed by atoms with Gasteiger partial charge < -0.3 is 5.11 Å². The van der Waals surface area contributed by atoms with Gasteiger partial charge in [-0.25, -0.2) is 0 Å². The Bertz CT molecular complexity index is 255. The molecule has 1 unspecified atom stereocenters. The number of rotatable bonds is 4. The van der Waals surface area contributed by atoms with Crippen LogP contribution in [0.15, 0.2) is 0 Å². The molecule has 1 atom stereocenters. The molecule has 16 heavy (non-hydrogen) atoms. The monoisotopic (exact) mass is 238 g/mol. The highest BCUT2D eigenvalue weighted by Gasteiger charge is 2.44. The quantitative estimate of drug-likeness (QED) is 0.758. The van der Waals surface area contributed by atoms with Crippen LogP contribution in [0.5, 0.6) is 0 Å². The third-order valence-electron chi connectivity index (χ3n) is 3.41. The molecule has 6 heteroatoms. The number of hydrogen-bond donors (Lipinski definition) is 2. The van der Waals surface area contributed by atoms with Crippen LogP contribution in [-0.2, 0) is 0 Å². The molecule has 94 valence electrons. The molecule has 1 aliphatic carbocycles. The number of likely N-dealkylation sites (tertiary alicyclic amines) is 1. The van der Waals surface area contributed by atoms with Gasteiger partial charge in [-0.2, -0.15) is 13.2 Å². The van der Waals surface area contributed by atoms with Crippen LogP contribution in [0.1, 0.15) is 19.3 Å². The van der Waals surface area contributed by atoms with Crippen LogP contribution in [0, 0.1) is 0 Å². The Morgan fingerprint density at radius 1 is 1.38 bits per heavy atom. The van der Waals surface area contributed by atoms with E-state index >= 15 is 0 Å². The maximum Gasteiger partial charge on any atom is 0.401 e. The molecule has 2 N–H and O–H groups in total. The summed E-state index contributed by atoms with van der Waals surface area (Å²) in [5.41, 5.74) is -0.752. The number of alkyl halides is 3. The summed E-state index contributed by atoms with van der Waals surface area (Å²) in [7, 11) is 0. The average molecular weight is 238 g/mol. The van der Waals surface area contributed by atoms with Gasteiger partial charge in [0.25, 0.3) is 0 Å². The van der Waals surface area contributed by atoms with E-state index in [2.05, 4.69) is 10.2 Å². The van der Waals surface area contributed by atoms with Crippen molar-refractivity contribution in [2.45, 2.75) is 37.0 Å². The van der Waals surface area contributed by atoms with Crippen LogP contribution >= 0.6 is 0 Å². The molecule has 0 spiro atoms. The number of nitrogens with zero attached hydrogens (tertiary/aromatic N) is 1. The summed E-state index contributed by atoms with van der Waals surface area (Å²) in [5.74, 6) is 0. The van der Waals surface area contributed by atoms with Gasteiger partial charge in [-0.05, 0) is 19.3 Å². The van der Waals surface area contributed by atoms with Crippen LogP contribution in [0.2, 0.25) is 0 Å². The van der Waals surface area contributed by atoms with Crippen LogP contribution in [0.25, 0.3) is 0 Å². The first kappa shape index (κ1) is 12.1. The van der Waals surface area contributed by atoms with E-state index in [1.807, 2.05) is 0 Å². The van der Waals surface area contributed by atoms with E-state index in [1.165, 1.54) is 0 Å². The zero-order chi connectivity index (χ0) is 11.8. The molecule has 0 aromatic heterocycles. The van der Waals surface area contributed by atoms with Crippen molar-refractivity contribution < 1.29 is 18.3 Å². The molecule has 1 heterocycles.